The van der Waals surface area contributed by atoms with Crippen molar-refractivity contribution in [2.24, 2.45) is 10.4 Å². The summed E-state index contributed by atoms with van der Waals surface area (Å²) in [7, 11) is 0. The van der Waals surface area contributed by atoms with Gasteiger partial charge in [-0.15, -0.1) is 0 Å². The maximum Gasteiger partial charge on any atom is 0.147 e. The largest absolute Gasteiger partial charge is 0.387 e. The predicted octanol–water partition coefficient (Wildman–Crippen LogP) is 2.29. The highest BCUT2D eigenvalue weighted by Crippen LogP contribution is 2.26. The first-order chi connectivity index (χ1) is 8.96. The van der Waals surface area contributed by atoms with Crippen LogP contribution in [0.4, 0.5) is 0 Å². The number of nitrogens with zero attached hydrogens (tertiary/aromatic N) is 2. The second kappa shape index (κ2) is 5.70. The van der Waals surface area contributed by atoms with Crippen molar-refractivity contribution < 1.29 is 5.11 Å². The van der Waals surface area contributed by atoms with Crippen molar-refractivity contribution in [2.45, 2.75) is 39.7 Å². The monoisotopic (exact) mass is 261 g/mol. The van der Waals surface area contributed by atoms with Gasteiger partial charge in [0, 0.05) is 6.54 Å². The van der Waals surface area contributed by atoms with Gasteiger partial charge in [0.1, 0.15) is 11.5 Å². The molecule has 0 aromatic carbocycles. The molecule has 1 aromatic rings. The summed E-state index contributed by atoms with van der Waals surface area (Å²) in [6.07, 6.45) is 1.21. The fourth-order valence-corrected chi connectivity index (χ4v) is 2.06. The van der Waals surface area contributed by atoms with E-state index in [-0.39, 0.29) is 5.41 Å². The molecule has 0 aliphatic carbocycles. The van der Waals surface area contributed by atoms with E-state index in [0.29, 0.717) is 0 Å². The Balaban J connectivity index is 2.05. The molecule has 1 aliphatic rings. The molecule has 0 amide bonds. The molecule has 0 saturated carbocycles. The lowest BCUT2D eigenvalue weighted by molar-refractivity contribution is 0.143. The lowest BCUT2D eigenvalue weighted by Gasteiger charge is -2.20. The number of aliphatic hydroxyl groups excluding tert-OH is 1. The normalized spacial score (nSPS) is 16.9. The van der Waals surface area contributed by atoms with Gasteiger partial charge in [0.2, 0.25) is 0 Å². The highest BCUT2D eigenvalue weighted by molar-refractivity contribution is 5.98. The molecule has 4 heteroatoms. The molecule has 0 fully saturated rings. The van der Waals surface area contributed by atoms with E-state index in [1.54, 1.807) is 0 Å². The molecule has 1 aromatic heterocycles. The Morgan fingerprint density at radius 2 is 2.16 bits per heavy atom. The molecule has 1 aliphatic heterocycles. The van der Waals surface area contributed by atoms with Crippen molar-refractivity contribution in [1.29, 1.82) is 0 Å². The number of aromatic nitrogens is 1. The number of rotatable bonds is 4. The number of aliphatic hydroxyl groups is 1. The molecular formula is C15H23N3O. The summed E-state index contributed by atoms with van der Waals surface area (Å²) in [6.45, 7) is 8.21. The van der Waals surface area contributed by atoms with E-state index in [4.69, 9.17) is 0 Å². The fraction of sp³-hybridized carbons (Fsp3) is 0.600. The molecule has 0 unspecified atom stereocenters. The maximum absolute atomic E-state index is 10.2. The second-order valence-corrected chi connectivity index (χ2v) is 6.22. The van der Waals surface area contributed by atoms with Gasteiger partial charge in [0.05, 0.1) is 18.3 Å². The molecule has 0 bridgehead atoms. The van der Waals surface area contributed by atoms with Crippen LogP contribution in [-0.4, -0.2) is 29.0 Å². The fourth-order valence-electron chi connectivity index (χ4n) is 2.06. The highest BCUT2D eigenvalue weighted by atomic mass is 16.3. The topological polar surface area (TPSA) is 57.5 Å². The van der Waals surface area contributed by atoms with E-state index < -0.39 is 6.10 Å². The van der Waals surface area contributed by atoms with Crippen molar-refractivity contribution >= 4 is 5.84 Å². The zero-order valence-corrected chi connectivity index (χ0v) is 12.0. The molecule has 0 saturated heterocycles. The molecule has 2 N–H and O–H groups in total. The van der Waals surface area contributed by atoms with Crippen LogP contribution in [0.3, 0.4) is 0 Å². The van der Waals surface area contributed by atoms with Crippen molar-refractivity contribution in [3.05, 3.63) is 29.6 Å². The number of aliphatic imine (C=N–C) groups is 1. The first-order valence-electron chi connectivity index (χ1n) is 6.89. The Hall–Kier alpha value is -1.42. The van der Waals surface area contributed by atoms with Crippen LogP contribution in [0.2, 0.25) is 0 Å². The van der Waals surface area contributed by atoms with Crippen molar-refractivity contribution in [1.82, 2.24) is 10.3 Å². The SMILES string of the molecule is CC(C)(C)CC[C@H](O)c1cccc(C2=NCCN2)n1. The highest BCUT2D eigenvalue weighted by Gasteiger charge is 2.17. The molecule has 19 heavy (non-hydrogen) atoms. The second-order valence-electron chi connectivity index (χ2n) is 6.22. The summed E-state index contributed by atoms with van der Waals surface area (Å²) in [5, 5.41) is 13.4. The third-order valence-corrected chi connectivity index (χ3v) is 3.20. The minimum atomic E-state index is -0.499. The lowest BCUT2D eigenvalue weighted by atomic mass is 9.89. The number of amidine groups is 1. The van der Waals surface area contributed by atoms with E-state index in [1.807, 2.05) is 18.2 Å². The van der Waals surface area contributed by atoms with Crippen molar-refractivity contribution in [3.8, 4) is 0 Å². The zero-order chi connectivity index (χ0) is 13.9. The number of nitrogens with one attached hydrogen (secondary N) is 1. The van der Waals surface area contributed by atoms with Crippen LogP contribution < -0.4 is 5.32 Å². The molecule has 0 radical (unpaired) electrons. The molecule has 2 rings (SSSR count). The molecule has 4 nitrogen and oxygen atoms in total. The first kappa shape index (κ1) is 14.0. The quantitative estimate of drug-likeness (QED) is 0.874. The van der Waals surface area contributed by atoms with Gasteiger partial charge in [-0.2, -0.15) is 0 Å². The number of hydrogen-bond acceptors (Lipinski definition) is 4. The minimum Gasteiger partial charge on any atom is -0.387 e. The number of hydrogen-bond donors (Lipinski definition) is 2. The Morgan fingerprint density at radius 1 is 1.37 bits per heavy atom. The van der Waals surface area contributed by atoms with Crippen molar-refractivity contribution in [3.63, 3.8) is 0 Å². The first-order valence-corrected chi connectivity index (χ1v) is 6.89. The van der Waals surface area contributed by atoms with Crippen LogP contribution in [0.1, 0.15) is 51.1 Å². The van der Waals surface area contributed by atoms with Crippen LogP contribution in [0.5, 0.6) is 0 Å². The van der Waals surface area contributed by atoms with E-state index in [2.05, 4.69) is 36.1 Å². The van der Waals surface area contributed by atoms with Crippen LogP contribution >= 0.6 is 0 Å². The predicted molar refractivity (Wildman–Crippen MR) is 77.3 cm³/mol. The third-order valence-electron chi connectivity index (χ3n) is 3.20. The van der Waals surface area contributed by atoms with E-state index in [1.165, 1.54) is 0 Å². The summed E-state index contributed by atoms with van der Waals surface area (Å²) in [5.74, 6) is 0.838. The van der Waals surface area contributed by atoms with Gasteiger partial charge in [0.15, 0.2) is 0 Å². The lowest BCUT2D eigenvalue weighted by Crippen LogP contribution is -2.21. The summed E-state index contributed by atoms with van der Waals surface area (Å²) >= 11 is 0. The Labute approximate surface area is 115 Å². The Morgan fingerprint density at radius 3 is 2.79 bits per heavy atom. The summed E-state index contributed by atoms with van der Waals surface area (Å²) in [6, 6.07) is 5.74. The van der Waals surface area contributed by atoms with Crippen molar-refractivity contribution in [2.75, 3.05) is 13.1 Å². The van der Waals surface area contributed by atoms with Gasteiger partial charge in [0.25, 0.3) is 0 Å². The van der Waals surface area contributed by atoms with Gasteiger partial charge < -0.3 is 10.4 Å². The standard InChI is InChI=1S/C15H23N3O/c1-15(2,3)8-7-13(19)11-5-4-6-12(18-11)14-16-9-10-17-14/h4-6,13,19H,7-10H2,1-3H3,(H,16,17)/t13-/m0/s1. The molecule has 104 valence electrons. The van der Waals surface area contributed by atoms with Gasteiger partial charge in [-0.1, -0.05) is 26.8 Å². The van der Waals surface area contributed by atoms with Gasteiger partial charge in [-0.05, 0) is 30.4 Å². The Kier molecular flexibility index (Phi) is 4.20. The summed E-state index contributed by atoms with van der Waals surface area (Å²) in [5.41, 5.74) is 1.79. The molecule has 0 spiro atoms. The van der Waals surface area contributed by atoms with Crippen LogP contribution in [0.25, 0.3) is 0 Å². The van der Waals surface area contributed by atoms with E-state index in [9.17, 15) is 5.11 Å². The number of pyridine rings is 1. The summed E-state index contributed by atoms with van der Waals surface area (Å²) < 4.78 is 0. The van der Waals surface area contributed by atoms with Gasteiger partial charge >= 0.3 is 0 Å². The summed E-state index contributed by atoms with van der Waals surface area (Å²) in [4.78, 5) is 8.87. The zero-order valence-electron chi connectivity index (χ0n) is 12.0. The third kappa shape index (κ3) is 4.03. The van der Waals surface area contributed by atoms with E-state index in [0.717, 1.165) is 43.2 Å². The van der Waals surface area contributed by atoms with Crippen LogP contribution in [0, 0.1) is 5.41 Å². The average Bonchev–Trinajstić information content (AvgIpc) is 2.89. The maximum atomic E-state index is 10.2. The average molecular weight is 261 g/mol. The molecular weight excluding hydrogens is 238 g/mol. The Bertz CT molecular complexity index is 463. The smallest absolute Gasteiger partial charge is 0.147 e. The van der Waals surface area contributed by atoms with Crippen LogP contribution in [0.15, 0.2) is 23.2 Å². The van der Waals surface area contributed by atoms with Gasteiger partial charge in [-0.3, -0.25) is 4.99 Å². The molecule has 1 atom stereocenters. The molecule has 2 heterocycles. The van der Waals surface area contributed by atoms with Crippen LogP contribution in [-0.2, 0) is 0 Å². The van der Waals surface area contributed by atoms with E-state index >= 15 is 0 Å². The minimum absolute atomic E-state index is 0.232. The van der Waals surface area contributed by atoms with Gasteiger partial charge in [-0.25, -0.2) is 4.98 Å².